The van der Waals surface area contributed by atoms with Gasteiger partial charge in [0, 0.05) is 26.4 Å². The molecule has 1 N–H and O–H groups in total. The second-order valence-electron chi connectivity index (χ2n) is 3.57. The van der Waals surface area contributed by atoms with Crippen LogP contribution in [0, 0.1) is 0 Å². The third kappa shape index (κ3) is 3.68. The molecule has 1 heterocycles. The zero-order valence-corrected chi connectivity index (χ0v) is 14.0. The molecular formula is C11H7Br2ClN2O2S. The molecule has 1 aromatic carbocycles. The summed E-state index contributed by atoms with van der Waals surface area (Å²) in [5.41, 5.74) is 0.368. The molecule has 2 aromatic rings. The minimum Gasteiger partial charge on any atom is -0.278 e. The van der Waals surface area contributed by atoms with Crippen LogP contribution in [0.2, 0.25) is 5.02 Å². The van der Waals surface area contributed by atoms with E-state index in [1.54, 1.807) is 12.1 Å². The molecule has 100 valence electrons. The lowest BCUT2D eigenvalue weighted by Crippen LogP contribution is -2.13. The number of nitrogens with zero attached hydrogens (tertiary/aromatic N) is 1. The molecular weight excluding hydrogens is 419 g/mol. The van der Waals surface area contributed by atoms with E-state index in [9.17, 15) is 8.42 Å². The van der Waals surface area contributed by atoms with Gasteiger partial charge >= 0.3 is 0 Å². The van der Waals surface area contributed by atoms with Gasteiger partial charge in [0.2, 0.25) is 0 Å². The molecule has 0 fully saturated rings. The predicted molar refractivity (Wildman–Crippen MR) is 81.9 cm³/mol. The highest BCUT2D eigenvalue weighted by atomic mass is 79.9. The van der Waals surface area contributed by atoms with Crippen LogP contribution >= 0.6 is 43.5 Å². The highest BCUT2D eigenvalue weighted by Gasteiger charge is 2.16. The van der Waals surface area contributed by atoms with Crippen LogP contribution < -0.4 is 4.72 Å². The van der Waals surface area contributed by atoms with Crippen molar-refractivity contribution in [2.24, 2.45) is 0 Å². The van der Waals surface area contributed by atoms with Crippen molar-refractivity contribution in [3.63, 3.8) is 0 Å². The summed E-state index contributed by atoms with van der Waals surface area (Å²) >= 11 is 12.3. The van der Waals surface area contributed by atoms with E-state index in [-0.39, 0.29) is 4.90 Å². The first-order valence-electron chi connectivity index (χ1n) is 4.97. The Morgan fingerprint density at radius 2 is 1.89 bits per heavy atom. The second-order valence-corrected chi connectivity index (χ2v) is 7.46. The van der Waals surface area contributed by atoms with Crippen molar-refractivity contribution in [3.8, 4) is 0 Å². The average Bonchev–Trinajstić information content (AvgIpc) is 2.33. The van der Waals surface area contributed by atoms with Gasteiger partial charge in [0.1, 0.15) is 4.90 Å². The van der Waals surface area contributed by atoms with E-state index in [0.29, 0.717) is 19.7 Å². The molecule has 0 atom stereocenters. The van der Waals surface area contributed by atoms with E-state index < -0.39 is 10.0 Å². The lowest BCUT2D eigenvalue weighted by Gasteiger charge is -2.10. The fourth-order valence-electron chi connectivity index (χ4n) is 1.32. The first-order chi connectivity index (χ1) is 8.88. The number of hydrogen-bond acceptors (Lipinski definition) is 3. The van der Waals surface area contributed by atoms with Gasteiger partial charge in [-0.2, -0.15) is 0 Å². The van der Waals surface area contributed by atoms with Gasteiger partial charge in [0.15, 0.2) is 0 Å². The lowest BCUT2D eigenvalue weighted by molar-refractivity contribution is 0.600. The number of sulfonamides is 1. The monoisotopic (exact) mass is 424 g/mol. The summed E-state index contributed by atoms with van der Waals surface area (Å²) in [5, 5.41) is 0.438. The maximum Gasteiger partial charge on any atom is 0.263 e. The number of hydrogen-bond donors (Lipinski definition) is 1. The number of benzene rings is 1. The fraction of sp³-hybridized carbons (Fsp3) is 0. The quantitative estimate of drug-likeness (QED) is 0.805. The maximum atomic E-state index is 12.2. The van der Waals surface area contributed by atoms with Crippen LogP contribution in [0.25, 0.3) is 0 Å². The van der Waals surface area contributed by atoms with E-state index in [1.807, 2.05) is 0 Å². The average molecular weight is 427 g/mol. The Hall–Kier alpha value is -0.630. The SMILES string of the molecule is O=S(=O)(Nc1cc(Cl)ccc1Br)c1cncc(Br)c1. The smallest absolute Gasteiger partial charge is 0.263 e. The fourth-order valence-corrected chi connectivity index (χ4v) is 3.54. The Balaban J connectivity index is 2.39. The van der Waals surface area contributed by atoms with Crippen molar-refractivity contribution in [1.29, 1.82) is 0 Å². The third-order valence-corrected chi connectivity index (χ3v) is 4.86. The normalized spacial score (nSPS) is 11.3. The minimum atomic E-state index is -3.71. The Kier molecular flexibility index (Phi) is 4.50. The molecule has 2 rings (SSSR count). The molecule has 19 heavy (non-hydrogen) atoms. The first kappa shape index (κ1) is 14.8. The highest BCUT2D eigenvalue weighted by molar-refractivity contribution is 9.10. The van der Waals surface area contributed by atoms with E-state index in [4.69, 9.17) is 11.6 Å². The summed E-state index contributed by atoms with van der Waals surface area (Å²) in [6.45, 7) is 0. The number of halogens is 3. The Labute approximate surface area is 132 Å². The number of aromatic nitrogens is 1. The molecule has 0 saturated heterocycles. The van der Waals surface area contributed by atoms with Crippen molar-refractivity contribution in [3.05, 3.63) is 50.6 Å². The van der Waals surface area contributed by atoms with Crippen molar-refractivity contribution in [2.45, 2.75) is 4.90 Å². The van der Waals surface area contributed by atoms with E-state index in [2.05, 4.69) is 41.6 Å². The molecule has 8 heteroatoms. The van der Waals surface area contributed by atoms with Crippen LogP contribution in [-0.4, -0.2) is 13.4 Å². The standard InChI is InChI=1S/C11H7Br2ClN2O2S/c12-7-3-9(6-15-5-7)19(17,18)16-11-4-8(14)1-2-10(11)13/h1-6,16H. The molecule has 0 aliphatic heterocycles. The molecule has 1 aromatic heterocycles. The number of pyridine rings is 1. The van der Waals surface area contributed by atoms with Gasteiger partial charge in [-0.25, -0.2) is 8.42 Å². The van der Waals surface area contributed by atoms with Crippen molar-refractivity contribution in [1.82, 2.24) is 4.98 Å². The molecule has 0 unspecified atom stereocenters. The molecule has 0 spiro atoms. The van der Waals surface area contributed by atoms with Crippen molar-refractivity contribution in [2.75, 3.05) is 4.72 Å². The number of nitrogens with one attached hydrogen (secondary N) is 1. The Morgan fingerprint density at radius 1 is 1.16 bits per heavy atom. The molecule has 0 radical (unpaired) electrons. The first-order valence-corrected chi connectivity index (χ1v) is 8.41. The number of anilines is 1. The largest absolute Gasteiger partial charge is 0.278 e. The summed E-state index contributed by atoms with van der Waals surface area (Å²) in [7, 11) is -3.71. The summed E-state index contributed by atoms with van der Waals surface area (Å²) in [5.74, 6) is 0. The molecule has 0 aliphatic carbocycles. The van der Waals surface area contributed by atoms with Crippen LogP contribution in [-0.2, 0) is 10.0 Å². The summed E-state index contributed by atoms with van der Waals surface area (Å²) in [6.07, 6.45) is 2.78. The van der Waals surface area contributed by atoms with E-state index in [0.717, 1.165) is 0 Å². The topological polar surface area (TPSA) is 59.1 Å². The summed E-state index contributed by atoms with van der Waals surface area (Å²) < 4.78 is 28.0. The maximum absolute atomic E-state index is 12.2. The minimum absolute atomic E-state index is 0.0637. The van der Waals surface area contributed by atoms with Crippen LogP contribution in [0.1, 0.15) is 0 Å². The van der Waals surface area contributed by atoms with Gasteiger partial charge in [-0.3, -0.25) is 9.71 Å². The Bertz CT molecular complexity index is 722. The lowest BCUT2D eigenvalue weighted by atomic mass is 10.3. The van der Waals surface area contributed by atoms with Crippen LogP contribution in [0.5, 0.6) is 0 Å². The van der Waals surface area contributed by atoms with Crippen molar-refractivity contribution >= 4 is 59.2 Å². The zero-order valence-electron chi connectivity index (χ0n) is 9.27. The zero-order chi connectivity index (χ0) is 14.0. The Morgan fingerprint density at radius 3 is 2.58 bits per heavy atom. The summed E-state index contributed by atoms with van der Waals surface area (Å²) in [4.78, 5) is 3.89. The molecule has 0 bridgehead atoms. The van der Waals surface area contributed by atoms with Gasteiger partial charge in [0.25, 0.3) is 10.0 Å². The van der Waals surface area contributed by atoms with E-state index in [1.165, 1.54) is 24.5 Å². The molecule has 0 saturated carbocycles. The van der Waals surface area contributed by atoms with Crippen LogP contribution in [0.15, 0.2) is 50.5 Å². The summed E-state index contributed by atoms with van der Waals surface area (Å²) in [6, 6.07) is 6.31. The van der Waals surface area contributed by atoms with Gasteiger partial charge in [-0.05, 0) is 56.1 Å². The molecule has 0 aliphatic rings. The van der Waals surface area contributed by atoms with Gasteiger partial charge < -0.3 is 0 Å². The van der Waals surface area contributed by atoms with Crippen molar-refractivity contribution < 1.29 is 8.42 Å². The van der Waals surface area contributed by atoms with Gasteiger partial charge in [-0.15, -0.1) is 0 Å². The van der Waals surface area contributed by atoms with Crippen LogP contribution in [0.3, 0.4) is 0 Å². The predicted octanol–water partition coefficient (Wildman–Crippen LogP) is 4.06. The van der Waals surface area contributed by atoms with Gasteiger partial charge in [0.05, 0.1) is 5.69 Å². The van der Waals surface area contributed by atoms with Crippen LogP contribution in [0.4, 0.5) is 5.69 Å². The van der Waals surface area contributed by atoms with E-state index >= 15 is 0 Å². The second kappa shape index (κ2) is 5.78. The third-order valence-electron chi connectivity index (χ3n) is 2.16. The molecule has 0 amide bonds. The number of rotatable bonds is 3. The molecule has 4 nitrogen and oxygen atoms in total. The highest BCUT2D eigenvalue weighted by Crippen LogP contribution is 2.28. The van der Waals surface area contributed by atoms with Gasteiger partial charge in [-0.1, -0.05) is 11.6 Å².